The van der Waals surface area contributed by atoms with Crippen LogP contribution >= 0.6 is 0 Å². The predicted octanol–water partition coefficient (Wildman–Crippen LogP) is 5.02. The van der Waals surface area contributed by atoms with E-state index in [2.05, 4.69) is 34.7 Å². The maximum Gasteiger partial charge on any atom is 0.219 e. The molecule has 7 nitrogen and oxygen atoms in total. The number of aromatic nitrogens is 4. The number of pyridine rings is 1. The number of aromatic amines is 1. The minimum Gasteiger partial charge on any atom is -0.439 e. The van der Waals surface area contributed by atoms with Crippen LogP contribution in [0.5, 0.6) is 11.6 Å². The SMILES string of the molecule is C[Si](C)(C)CCOCn1nccc1-c1ccc(Oc2ccc3[nH]c(CO)cc3c2)nc1. The van der Waals surface area contributed by atoms with Gasteiger partial charge in [0.1, 0.15) is 12.5 Å². The normalized spacial score (nSPS) is 11.9. The van der Waals surface area contributed by atoms with Crippen LogP contribution in [0.1, 0.15) is 5.69 Å². The Labute approximate surface area is 182 Å². The molecular weight excluding hydrogens is 408 g/mol. The van der Waals surface area contributed by atoms with Crippen LogP contribution in [0.25, 0.3) is 22.2 Å². The van der Waals surface area contributed by atoms with Crippen molar-refractivity contribution < 1.29 is 14.6 Å². The van der Waals surface area contributed by atoms with Crippen LogP contribution in [0.4, 0.5) is 0 Å². The summed E-state index contributed by atoms with van der Waals surface area (Å²) in [5.41, 5.74) is 3.64. The lowest BCUT2D eigenvalue weighted by Gasteiger charge is -2.16. The third kappa shape index (κ3) is 5.41. The Morgan fingerprint density at radius 1 is 1.10 bits per heavy atom. The van der Waals surface area contributed by atoms with E-state index < -0.39 is 8.07 Å². The van der Waals surface area contributed by atoms with Crippen molar-refractivity contribution in [2.75, 3.05) is 6.61 Å². The maximum absolute atomic E-state index is 9.27. The molecule has 3 heterocycles. The minimum absolute atomic E-state index is 0.0200. The fourth-order valence-corrected chi connectivity index (χ4v) is 4.00. The number of hydrogen-bond donors (Lipinski definition) is 2. The van der Waals surface area contributed by atoms with E-state index in [0.717, 1.165) is 40.5 Å². The molecule has 4 aromatic rings. The Morgan fingerprint density at radius 3 is 2.71 bits per heavy atom. The molecule has 0 fully saturated rings. The highest BCUT2D eigenvalue weighted by Crippen LogP contribution is 2.27. The van der Waals surface area contributed by atoms with Crippen LogP contribution in [0.15, 0.2) is 54.9 Å². The largest absolute Gasteiger partial charge is 0.439 e. The molecule has 3 aromatic heterocycles. The van der Waals surface area contributed by atoms with Gasteiger partial charge in [-0.25, -0.2) is 9.67 Å². The van der Waals surface area contributed by atoms with Crippen molar-refractivity contribution in [3.05, 3.63) is 60.6 Å². The summed E-state index contributed by atoms with van der Waals surface area (Å²) < 4.78 is 13.6. The Hall–Kier alpha value is -2.94. The second-order valence-corrected chi connectivity index (χ2v) is 14.4. The minimum atomic E-state index is -1.10. The van der Waals surface area contributed by atoms with Crippen molar-refractivity contribution in [1.29, 1.82) is 0 Å². The van der Waals surface area contributed by atoms with Gasteiger partial charge < -0.3 is 19.6 Å². The van der Waals surface area contributed by atoms with Gasteiger partial charge in [0.05, 0.1) is 12.3 Å². The lowest BCUT2D eigenvalue weighted by Crippen LogP contribution is -2.22. The first-order chi connectivity index (χ1) is 14.9. The molecule has 0 atom stereocenters. The second-order valence-electron chi connectivity index (χ2n) is 8.75. The molecule has 8 heteroatoms. The maximum atomic E-state index is 9.27. The molecule has 0 bridgehead atoms. The molecule has 0 aliphatic rings. The highest BCUT2D eigenvalue weighted by Gasteiger charge is 2.13. The summed E-state index contributed by atoms with van der Waals surface area (Å²) in [5, 5.41) is 14.6. The van der Waals surface area contributed by atoms with Crippen molar-refractivity contribution in [1.82, 2.24) is 19.7 Å². The molecule has 1 aromatic carbocycles. The number of benzene rings is 1. The van der Waals surface area contributed by atoms with Gasteiger partial charge >= 0.3 is 0 Å². The number of fused-ring (bicyclic) bond motifs is 1. The molecular formula is C23H28N4O3Si. The summed E-state index contributed by atoms with van der Waals surface area (Å²) in [6.45, 7) is 8.19. The van der Waals surface area contributed by atoms with E-state index in [1.54, 1.807) is 12.4 Å². The zero-order valence-corrected chi connectivity index (χ0v) is 19.1. The first-order valence-electron chi connectivity index (χ1n) is 10.4. The van der Waals surface area contributed by atoms with E-state index in [-0.39, 0.29) is 6.61 Å². The van der Waals surface area contributed by atoms with Gasteiger partial charge in [-0.2, -0.15) is 5.10 Å². The molecule has 0 saturated carbocycles. The molecule has 4 rings (SSSR count). The van der Waals surface area contributed by atoms with Gasteiger partial charge in [0.15, 0.2) is 0 Å². The summed E-state index contributed by atoms with van der Waals surface area (Å²) in [6, 6.07) is 14.5. The number of aliphatic hydroxyl groups excluding tert-OH is 1. The van der Waals surface area contributed by atoms with Gasteiger partial charge in [0, 0.05) is 55.3 Å². The summed E-state index contributed by atoms with van der Waals surface area (Å²) in [4.78, 5) is 7.61. The van der Waals surface area contributed by atoms with Crippen LogP contribution in [0.3, 0.4) is 0 Å². The van der Waals surface area contributed by atoms with Gasteiger partial charge in [0.2, 0.25) is 5.88 Å². The van der Waals surface area contributed by atoms with Crippen molar-refractivity contribution >= 4 is 19.0 Å². The third-order valence-electron chi connectivity index (χ3n) is 5.00. The standard InChI is InChI=1S/C23H28N4O3Si/c1-31(2,3)11-10-29-16-27-22(8-9-25-27)17-4-7-23(24-14-17)30-20-5-6-21-18(13-20)12-19(15-28)26-21/h4-9,12-14,26,28H,10-11,15-16H2,1-3H3. The van der Waals surface area contributed by atoms with Gasteiger partial charge in [0.25, 0.3) is 0 Å². The number of aliphatic hydroxyl groups is 1. The van der Waals surface area contributed by atoms with E-state index in [0.29, 0.717) is 18.4 Å². The second kappa shape index (κ2) is 9.05. The number of nitrogens with one attached hydrogen (secondary N) is 1. The zero-order chi connectivity index (χ0) is 21.8. The summed E-state index contributed by atoms with van der Waals surface area (Å²) in [5.74, 6) is 1.20. The highest BCUT2D eigenvalue weighted by molar-refractivity contribution is 6.76. The third-order valence-corrected chi connectivity index (χ3v) is 6.70. The molecule has 0 saturated heterocycles. The van der Waals surface area contributed by atoms with Gasteiger partial charge in [-0.05, 0) is 42.4 Å². The van der Waals surface area contributed by atoms with Crippen LogP contribution < -0.4 is 4.74 Å². The summed E-state index contributed by atoms with van der Waals surface area (Å²) in [7, 11) is -1.10. The molecule has 0 aliphatic carbocycles. The fraction of sp³-hybridized carbons (Fsp3) is 0.304. The average Bonchev–Trinajstić information content (AvgIpc) is 3.37. The topological polar surface area (TPSA) is 85.2 Å². The Kier molecular flexibility index (Phi) is 6.22. The first-order valence-corrected chi connectivity index (χ1v) is 14.1. The average molecular weight is 437 g/mol. The molecule has 0 spiro atoms. The van der Waals surface area contributed by atoms with Crippen LogP contribution in [-0.4, -0.2) is 39.5 Å². The Balaban J connectivity index is 1.41. The van der Waals surface area contributed by atoms with E-state index in [9.17, 15) is 5.11 Å². The lowest BCUT2D eigenvalue weighted by molar-refractivity contribution is 0.0798. The monoisotopic (exact) mass is 436 g/mol. The molecule has 2 N–H and O–H groups in total. The van der Waals surface area contributed by atoms with Crippen molar-refractivity contribution in [2.45, 2.75) is 39.0 Å². The lowest BCUT2D eigenvalue weighted by atomic mass is 10.2. The quantitative estimate of drug-likeness (QED) is 0.284. The number of ether oxygens (including phenoxy) is 2. The van der Waals surface area contributed by atoms with Crippen LogP contribution in [0, 0.1) is 0 Å². The van der Waals surface area contributed by atoms with Gasteiger partial charge in [-0.15, -0.1) is 0 Å². The Bertz CT molecular complexity index is 1150. The smallest absolute Gasteiger partial charge is 0.219 e. The number of nitrogens with zero attached hydrogens (tertiary/aromatic N) is 3. The number of H-pyrrole nitrogens is 1. The number of rotatable bonds is 9. The molecule has 0 amide bonds. The van der Waals surface area contributed by atoms with Crippen LogP contribution in [0.2, 0.25) is 25.7 Å². The molecule has 0 radical (unpaired) electrons. The molecule has 162 valence electrons. The first kappa shape index (κ1) is 21.3. The molecule has 0 unspecified atom stereocenters. The summed E-state index contributed by atoms with van der Waals surface area (Å²) in [6.07, 6.45) is 3.55. The van der Waals surface area contributed by atoms with Crippen molar-refractivity contribution in [2.24, 2.45) is 0 Å². The molecule has 0 aliphatic heterocycles. The van der Waals surface area contributed by atoms with E-state index >= 15 is 0 Å². The van der Waals surface area contributed by atoms with Crippen molar-refractivity contribution in [3.8, 4) is 22.9 Å². The van der Waals surface area contributed by atoms with Gasteiger partial charge in [-0.1, -0.05) is 19.6 Å². The highest BCUT2D eigenvalue weighted by atomic mass is 28.3. The van der Waals surface area contributed by atoms with Crippen molar-refractivity contribution in [3.63, 3.8) is 0 Å². The van der Waals surface area contributed by atoms with Gasteiger partial charge in [-0.3, -0.25) is 0 Å². The fourth-order valence-electron chi connectivity index (χ4n) is 3.24. The van der Waals surface area contributed by atoms with E-state index in [1.165, 1.54) is 0 Å². The zero-order valence-electron chi connectivity index (χ0n) is 18.1. The summed E-state index contributed by atoms with van der Waals surface area (Å²) >= 11 is 0. The van der Waals surface area contributed by atoms with E-state index in [4.69, 9.17) is 9.47 Å². The molecule has 31 heavy (non-hydrogen) atoms. The number of hydrogen-bond acceptors (Lipinski definition) is 5. The Morgan fingerprint density at radius 2 is 1.97 bits per heavy atom. The predicted molar refractivity (Wildman–Crippen MR) is 124 cm³/mol. The van der Waals surface area contributed by atoms with E-state index in [1.807, 2.05) is 47.1 Å². The van der Waals surface area contributed by atoms with Crippen LogP contribution in [-0.2, 0) is 18.1 Å².